The molecule has 18 heavy (non-hydrogen) atoms. The highest BCUT2D eigenvalue weighted by atomic mass is 16.1. The van der Waals surface area contributed by atoms with Crippen LogP contribution in [0.5, 0.6) is 0 Å². The van der Waals surface area contributed by atoms with E-state index in [0.717, 1.165) is 25.9 Å². The van der Waals surface area contributed by atoms with Crippen LogP contribution in [0.1, 0.15) is 36.0 Å². The zero-order chi connectivity index (χ0) is 13.0. The molecule has 1 saturated carbocycles. The molecular weight excluding hydrogens is 224 g/mol. The lowest BCUT2D eigenvalue weighted by Gasteiger charge is -2.10. The second kappa shape index (κ2) is 6.01. The quantitative estimate of drug-likeness (QED) is 0.754. The maximum atomic E-state index is 11.5. The van der Waals surface area contributed by atoms with Crippen LogP contribution in [0.2, 0.25) is 0 Å². The zero-order valence-corrected chi connectivity index (χ0v) is 11.3. The summed E-state index contributed by atoms with van der Waals surface area (Å²) in [4.78, 5) is 11.5. The minimum atomic E-state index is 0.172. The second-order valence-electron chi connectivity index (χ2n) is 5.13. The van der Waals surface area contributed by atoms with E-state index in [2.05, 4.69) is 42.7 Å². The Hall–Kier alpha value is -1.35. The van der Waals surface area contributed by atoms with Crippen LogP contribution < -0.4 is 10.6 Å². The molecule has 0 saturated heterocycles. The molecule has 0 radical (unpaired) electrons. The number of hydrogen-bond donors (Lipinski definition) is 2. The molecule has 0 spiro atoms. The molecule has 0 unspecified atom stereocenters. The third kappa shape index (κ3) is 3.84. The number of carbonyl (C=O) groups excluding carboxylic acids is 1. The molecule has 2 rings (SSSR count). The van der Waals surface area contributed by atoms with E-state index < -0.39 is 0 Å². The Labute approximate surface area is 109 Å². The predicted molar refractivity (Wildman–Crippen MR) is 73.4 cm³/mol. The highest BCUT2D eigenvalue weighted by Crippen LogP contribution is 2.18. The molecule has 2 N–H and O–H groups in total. The first-order chi connectivity index (χ1) is 8.66. The van der Waals surface area contributed by atoms with Crippen molar-refractivity contribution in [2.24, 2.45) is 0 Å². The first-order valence-electron chi connectivity index (χ1n) is 6.72. The maximum Gasteiger partial charge on any atom is 0.221 e. The molecule has 0 heterocycles. The lowest BCUT2D eigenvalue weighted by molar-refractivity contribution is -0.121. The fraction of sp³-hybridized carbons (Fsp3) is 0.533. The predicted octanol–water partition coefficient (Wildman–Crippen LogP) is 2.06. The number of carbonyl (C=O) groups is 1. The number of benzene rings is 1. The Balaban J connectivity index is 1.68. The van der Waals surface area contributed by atoms with Gasteiger partial charge in [-0.15, -0.1) is 0 Å². The fourth-order valence-electron chi connectivity index (χ4n) is 1.96. The SMILES string of the molecule is Cc1cccc(CNCCC(=O)NC2CC2)c1C. The van der Waals surface area contributed by atoms with Gasteiger partial charge in [-0.2, -0.15) is 0 Å². The van der Waals surface area contributed by atoms with Crippen molar-refractivity contribution in [3.8, 4) is 0 Å². The number of aryl methyl sites for hydroxylation is 1. The van der Waals surface area contributed by atoms with Gasteiger partial charge in [-0.25, -0.2) is 0 Å². The second-order valence-corrected chi connectivity index (χ2v) is 5.13. The van der Waals surface area contributed by atoms with Crippen LogP contribution in [-0.4, -0.2) is 18.5 Å². The molecule has 3 nitrogen and oxygen atoms in total. The van der Waals surface area contributed by atoms with Crippen molar-refractivity contribution >= 4 is 5.91 Å². The molecular formula is C15H22N2O. The van der Waals surface area contributed by atoms with E-state index >= 15 is 0 Å². The van der Waals surface area contributed by atoms with E-state index in [1.54, 1.807) is 0 Å². The summed E-state index contributed by atoms with van der Waals surface area (Å²) in [5.74, 6) is 0.172. The summed E-state index contributed by atoms with van der Waals surface area (Å²) in [7, 11) is 0. The van der Waals surface area contributed by atoms with Crippen molar-refractivity contribution in [1.29, 1.82) is 0 Å². The average Bonchev–Trinajstić information content (AvgIpc) is 3.13. The third-order valence-corrected chi connectivity index (χ3v) is 3.50. The lowest BCUT2D eigenvalue weighted by Crippen LogP contribution is -2.29. The van der Waals surface area contributed by atoms with Crippen molar-refractivity contribution in [3.63, 3.8) is 0 Å². The van der Waals surface area contributed by atoms with Crippen LogP contribution in [0, 0.1) is 13.8 Å². The molecule has 0 atom stereocenters. The minimum Gasteiger partial charge on any atom is -0.353 e. The van der Waals surface area contributed by atoms with Gasteiger partial charge >= 0.3 is 0 Å². The molecule has 1 aliphatic rings. The van der Waals surface area contributed by atoms with Crippen molar-refractivity contribution in [3.05, 3.63) is 34.9 Å². The average molecular weight is 246 g/mol. The Kier molecular flexibility index (Phi) is 4.37. The summed E-state index contributed by atoms with van der Waals surface area (Å²) in [5, 5.41) is 6.33. The molecule has 1 aromatic carbocycles. The van der Waals surface area contributed by atoms with Crippen molar-refractivity contribution in [1.82, 2.24) is 10.6 Å². The number of rotatable bonds is 6. The first-order valence-corrected chi connectivity index (χ1v) is 6.72. The van der Waals surface area contributed by atoms with Crippen LogP contribution in [0.25, 0.3) is 0 Å². The smallest absolute Gasteiger partial charge is 0.221 e. The maximum absolute atomic E-state index is 11.5. The molecule has 1 aliphatic carbocycles. The van der Waals surface area contributed by atoms with Crippen LogP contribution in [-0.2, 0) is 11.3 Å². The topological polar surface area (TPSA) is 41.1 Å². The van der Waals surface area contributed by atoms with Gasteiger partial charge < -0.3 is 10.6 Å². The number of nitrogens with one attached hydrogen (secondary N) is 2. The van der Waals surface area contributed by atoms with Gasteiger partial charge in [0.05, 0.1) is 0 Å². The zero-order valence-electron chi connectivity index (χ0n) is 11.3. The fourth-order valence-corrected chi connectivity index (χ4v) is 1.96. The lowest BCUT2D eigenvalue weighted by atomic mass is 10.0. The minimum absolute atomic E-state index is 0.172. The summed E-state index contributed by atoms with van der Waals surface area (Å²) in [6.45, 7) is 5.85. The highest BCUT2D eigenvalue weighted by Gasteiger charge is 2.22. The molecule has 0 bridgehead atoms. The van der Waals surface area contributed by atoms with Crippen molar-refractivity contribution in [2.45, 2.75) is 45.7 Å². The van der Waals surface area contributed by atoms with Gasteiger partial charge in [0, 0.05) is 25.6 Å². The van der Waals surface area contributed by atoms with Gasteiger partial charge in [0.1, 0.15) is 0 Å². The molecule has 0 aliphatic heterocycles. The Morgan fingerprint density at radius 3 is 2.83 bits per heavy atom. The summed E-state index contributed by atoms with van der Waals surface area (Å²) in [6, 6.07) is 6.82. The molecule has 1 amide bonds. The number of amides is 1. The van der Waals surface area contributed by atoms with E-state index in [-0.39, 0.29) is 5.91 Å². The van der Waals surface area contributed by atoms with Crippen LogP contribution >= 0.6 is 0 Å². The monoisotopic (exact) mass is 246 g/mol. The van der Waals surface area contributed by atoms with E-state index in [9.17, 15) is 4.79 Å². The molecule has 0 aromatic heterocycles. The van der Waals surface area contributed by atoms with E-state index in [4.69, 9.17) is 0 Å². The third-order valence-electron chi connectivity index (χ3n) is 3.50. The first kappa shape index (κ1) is 13.1. The van der Waals surface area contributed by atoms with Gasteiger partial charge in [0.2, 0.25) is 5.91 Å². The normalized spacial score (nSPS) is 14.6. The summed E-state index contributed by atoms with van der Waals surface area (Å²) in [6.07, 6.45) is 2.88. The van der Waals surface area contributed by atoms with Gasteiger partial charge in [-0.1, -0.05) is 18.2 Å². The van der Waals surface area contributed by atoms with Crippen molar-refractivity contribution < 1.29 is 4.79 Å². The Bertz CT molecular complexity index is 425. The van der Waals surface area contributed by atoms with Crippen LogP contribution in [0.15, 0.2) is 18.2 Å². The molecule has 1 fully saturated rings. The Morgan fingerprint density at radius 1 is 1.33 bits per heavy atom. The van der Waals surface area contributed by atoms with Gasteiger partial charge in [0.25, 0.3) is 0 Å². The molecule has 1 aromatic rings. The number of hydrogen-bond acceptors (Lipinski definition) is 2. The Morgan fingerprint density at radius 2 is 2.11 bits per heavy atom. The van der Waals surface area contributed by atoms with E-state index in [1.165, 1.54) is 16.7 Å². The summed E-state index contributed by atoms with van der Waals surface area (Å²) >= 11 is 0. The molecule has 3 heteroatoms. The highest BCUT2D eigenvalue weighted by molar-refractivity contribution is 5.76. The van der Waals surface area contributed by atoms with Gasteiger partial charge in [-0.05, 0) is 43.4 Å². The van der Waals surface area contributed by atoms with Crippen molar-refractivity contribution in [2.75, 3.05) is 6.54 Å². The van der Waals surface area contributed by atoms with Gasteiger partial charge in [0.15, 0.2) is 0 Å². The van der Waals surface area contributed by atoms with Gasteiger partial charge in [-0.3, -0.25) is 4.79 Å². The standard InChI is InChI=1S/C15H22N2O/c1-11-4-3-5-13(12(11)2)10-16-9-8-15(18)17-14-6-7-14/h3-5,14,16H,6-10H2,1-2H3,(H,17,18). The summed E-state index contributed by atoms with van der Waals surface area (Å²) < 4.78 is 0. The van der Waals surface area contributed by atoms with Crippen LogP contribution in [0.3, 0.4) is 0 Å². The largest absolute Gasteiger partial charge is 0.353 e. The van der Waals surface area contributed by atoms with Crippen LogP contribution in [0.4, 0.5) is 0 Å². The summed E-state index contributed by atoms with van der Waals surface area (Å²) in [5.41, 5.74) is 3.98. The molecule has 98 valence electrons. The van der Waals surface area contributed by atoms with E-state index in [0.29, 0.717) is 12.5 Å². The van der Waals surface area contributed by atoms with E-state index in [1.807, 2.05) is 0 Å².